The molecule has 0 aromatic heterocycles. The number of aromatic carboxylic acids is 1. The van der Waals surface area contributed by atoms with E-state index in [0.717, 1.165) is 48.5 Å². The monoisotopic (exact) mass is 535 g/mol. The zero-order valence-electron chi connectivity index (χ0n) is 23.4. The molecule has 0 saturated carbocycles. The molecule has 1 aliphatic rings. The molecule has 1 aliphatic heterocycles. The lowest BCUT2D eigenvalue weighted by molar-refractivity contribution is -0.137. The molecular weight excluding hydrogens is 490 g/mol. The predicted molar refractivity (Wildman–Crippen MR) is 156 cm³/mol. The average Bonchev–Trinajstić information content (AvgIpc) is 2.93. The molecule has 3 rings (SSSR count). The minimum atomic E-state index is -0.931. The SMILES string of the molecule is CC1CCN(CCCCCOc2ccccc2C=CC(CCCCC(=O)O)Cc2ccc(C(=O)O)cc2)CC1. The molecule has 1 fully saturated rings. The summed E-state index contributed by atoms with van der Waals surface area (Å²) in [5, 5.41) is 18.2. The van der Waals surface area contributed by atoms with Crippen molar-refractivity contribution in [1.29, 1.82) is 0 Å². The Morgan fingerprint density at radius 2 is 1.72 bits per heavy atom. The topological polar surface area (TPSA) is 87.1 Å². The van der Waals surface area contributed by atoms with Gasteiger partial charge in [0, 0.05) is 12.0 Å². The first-order valence-corrected chi connectivity index (χ1v) is 14.6. The minimum absolute atomic E-state index is 0.178. The number of piperidine rings is 1. The van der Waals surface area contributed by atoms with Crippen LogP contribution in [0.1, 0.15) is 86.2 Å². The van der Waals surface area contributed by atoms with Gasteiger partial charge in [0.2, 0.25) is 0 Å². The summed E-state index contributed by atoms with van der Waals surface area (Å²) in [6.07, 6.45) is 13.7. The van der Waals surface area contributed by atoms with Crippen molar-refractivity contribution in [2.45, 2.75) is 71.1 Å². The Morgan fingerprint density at radius 3 is 2.44 bits per heavy atom. The standard InChI is InChI=1S/C33H45NO5/c1-26-19-22-34(23-20-26)21-7-2-8-24-39-31-11-5-4-10-29(31)16-13-27(9-3-6-12-32(35)36)25-28-14-17-30(18-15-28)33(37)38/h4-5,10-11,13-18,26-27H,2-3,6-9,12,19-25H2,1H3,(H,35,36)(H,37,38). The Balaban J connectivity index is 1.51. The molecule has 6 nitrogen and oxygen atoms in total. The van der Waals surface area contributed by atoms with Crippen LogP contribution in [0.3, 0.4) is 0 Å². The fraction of sp³-hybridized carbons (Fsp3) is 0.515. The number of carboxylic acid groups (broad SMARTS) is 2. The fourth-order valence-electron chi connectivity index (χ4n) is 5.11. The van der Waals surface area contributed by atoms with Crippen LogP contribution in [0.4, 0.5) is 0 Å². The molecule has 0 bridgehead atoms. The molecular formula is C33H45NO5. The first-order chi connectivity index (χ1) is 18.9. The molecule has 2 aromatic carbocycles. The Kier molecular flexibility index (Phi) is 13.1. The number of unbranched alkanes of at least 4 members (excludes halogenated alkanes) is 3. The third-order valence-corrected chi connectivity index (χ3v) is 7.63. The van der Waals surface area contributed by atoms with Crippen molar-refractivity contribution >= 4 is 18.0 Å². The molecule has 212 valence electrons. The maximum absolute atomic E-state index is 11.2. The highest BCUT2D eigenvalue weighted by molar-refractivity contribution is 5.87. The molecule has 0 aliphatic carbocycles. The van der Waals surface area contributed by atoms with Crippen molar-refractivity contribution in [2.75, 3.05) is 26.2 Å². The Labute approximate surface area is 233 Å². The summed E-state index contributed by atoms with van der Waals surface area (Å²) in [7, 11) is 0. The van der Waals surface area contributed by atoms with Gasteiger partial charge in [-0.1, -0.05) is 55.8 Å². The molecule has 0 spiro atoms. The molecule has 1 heterocycles. The van der Waals surface area contributed by atoms with E-state index < -0.39 is 11.9 Å². The first kappa shape index (κ1) is 30.4. The molecule has 2 N–H and O–H groups in total. The van der Waals surface area contributed by atoms with Crippen LogP contribution in [0, 0.1) is 11.8 Å². The van der Waals surface area contributed by atoms with Crippen molar-refractivity contribution < 1.29 is 24.5 Å². The van der Waals surface area contributed by atoms with E-state index in [-0.39, 0.29) is 17.9 Å². The fourth-order valence-corrected chi connectivity index (χ4v) is 5.11. The molecule has 1 unspecified atom stereocenters. The second-order valence-electron chi connectivity index (χ2n) is 10.9. The largest absolute Gasteiger partial charge is 0.493 e. The summed E-state index contributed by atoms with van der Waals surface area (Å²) in [5.74, 6) is 0.273. The molecule has 1 saturated heterocycles. The lowest BCUT2D eigenvalue weighted by atomic mass is 9.92. The second kappa shape index (κ2) is 16.8. The number of benzene rings is 2. The Morgan fingerprint density at radius 1 is 0.974 bits per heavy atom. The maximum atomic E-state index is 11.2. The highest BCUT2D eigenvalue weighted by Gasteiger charge is 2.15. The number of ether oxygens (including phenoxy) is 1. The second-order valence-corrected chi connectivity index (χ2v) is 10.9. The smallest absolute Gasteiger partial charge is 0.335 e. The van der Waals surface area contributed by atoms with E-state index in [1.54, 1.807) is 12.1 Å². The zero-order valence-corrected chi connectivity index (χ0v) is 23.4. The van der Waals surface area contributed by atoms with Crippen molar-refractivity contribution in [3.63, 3.8) is 0 Å². The average molecular weight is 536 g/mol. The number of hydrogen-bond acceptors (Lipinski definition) is 4. The predicted octanol–water partition coefficient (Wildman–Crippen LogP) is 7.18. The van der Waals surface area contributed by atoms with Crippen LogP contribution in [-0.4, -0.2) is 53.3 Å². The van der Waals surface area contributed by atoms with Crippen LogP contribution in [0.5, 0.6) is 5.75 Å². The van der Waals surface area contributed by atoms with Gasteiger partial charge in [0.05, 0.1) is 12.2 Å². The highest BCUT2D eigenvalue weighted by atomic mass is 16.5. The van der Waals surface area contributed by atoms with Gasteiger partial charge in [0.1, 0.15) is 5.75 Å². The summed E-state index contributed by atoms with van der Waals surface area (Å²) in [6.45, 7) is 6.73. The van der Waals surface area contributed by atoms with Gasteiger partial charge in [0.15, 0.2) is 0 Å². The normalized spacial score (nSPS) is 15.4. The van der Waals surface area contributed by atoms with Gasteiger partial charge in [0.25, 0.3) is 0 Å². The first-order valence-electron chi connectivity index (χ1n) is 14.6. The highest BCUT2D eigenvalue weighted by Crippen LogP contribution is 2.24. The number of likely N-dealkylation sites (tertiary alicyclic amines) is 1. The molecule has 2 aromatic rings. The Hall–Kier alpha value is -3.12. The van der Waals surface area contributed by atoms with Crippen LogP contribution < -0.4 is 4.74 Å². The van der Waals surface area contributed by atoms with Crippen LogP contribution in [0.15, 0.2) is 54.6 Å². The third-order valence-electron chi connectivity index (χ3n) is 7.63. The summed E-state index contributed by atoms with van der Waals surface area (Å²) in [6, 6.07) is 15.1. The van der Waals surface area contributed by atoms with E-state index in [1.807, 2.05) is 30.3 Å². The molecule has 1 atom stereocenters. The number of aliphatic carboxylic acids is 1. The van der Waals surface area contributed by atoms with E-state index in [9.17, 15) is 14.7 Å². The zero-order chi connectivity index (χ0) is 27.9. The third kappa shape index (κ3) is 11.7. The van der Waals surface area contributed by atoms with Crippen LogP contribution in [0.2, 0.25) is 0 Å². The van der Waals surface area contributed by atoms with Crippen LogP contribution in [0.25, 0.3) is 6.08 Å². The lowest BCUT2D eigenvalue weighted by Crippen LogP contribution is -2.33. The van der Waals surface area contributed by atoms with Crippen molar-refractivity contribution in [3.8, 4) is 5.75 Å². The lowest BCUT2D eigenvalue weighted by Gasteiger charge is -2.30. The van der Waals surface area contributed by atoms with Crippen LogP contribution in [-0.2, 0) is 11.2 Å². The van der Waals surface area contributed by atoms with Gasteiger partial charge in [-0.3, -0.25) is 4.79 Å². The molecule has 0 radical (unpaired) electrons. The number of allylic oxidation sites excluding steroid dienone is 1. The number of para-hydroxylation sites is 1. The quantitative estimate of drug-likeness (QED) is 0.209. The number of nitrogens with zero attached hydrogens (tertiary/aromatic N) is 1. The van der Waals surface area contributed by atoms with E-state index in [1.165, 1.54) is 45.3 Å². The van der Waals surface area contributed by atoms with E-state index in [0.29, 0.717) is 13.0 Å². The van der Waals surface area contributed by atoms with Gasteiger partial charge < -0.3 is 19.8 Å². The van der Waals surface area contributed by atoms with E-state index in [4.69, 9.17) is 9.84 Å². The van der Waals surface area contributed by atoms with Crippen LogP contribution >= 0.6 is 0 Å². The van der Waals surface area contributed by atoms with Crippen molar-refractivity contribution in [2.24, 2.45) is 11.8 Å². The number of rotatable bonds is 17. The van der Waals surface area contributed by atoms with Gasteiger partial charge in [-0.25, -0.2) is 4.79 Å². The Bertz CT molecular complexity index is 1040. The van der Waals surface area contributed by atoms with E-state index >= 15 is 0 Å². The minimum Gasteiger partial charge on any atom is -0.493 e. The number of carbonyl (C=O) groups is 2. The summed E-state index contributed by atoms with van der Waals surface area (Å²) >= 11 is 0. The number of carboxylic acids is 2. The summed E-state index contributed by atoms with van der Waals surface area (Å²) < 4.78 is 6.17. The molecule has 6 heteroatoms. The maximum Gasteiger partial charge on any atom is 0.335 e. The van der Waals surface area contributed by atoms with Crippen molar-refractivity contribution in [1.82, 2.24) is 4.90 Å². The molecule has 39 heavy (non-hydrogen) atoms. The summed E-state index contributed by atoms with van der Waals surface area (Å²) in [4.78, 5) is 24.7. The van der Waals surface area contributed by atoms with Gasteiger partial charge >= 0.3 is 11.9 Å². The van der Waals surface area contributed by atoms with Gasteiger partial charge in [-0.05, 0) is 107 Å². The van der Waals surface area contributed by atoms with Gasteiger partial charge in [-0.15, -0.1) is 0 Å². The van der Waals surface area contributed by atoms with Crippen molar-refractivity contribution in [3.05, 3.63) is 71.3 Å². The number of hydrogen-bond donors (Lipinski definition) is 2. The summed E-state index contributed by atoms with van der Waals surface area (Å²) in [5.41, 5.74) is 2.38. The van der Waals surface area contributed by atoms with E-state index in [2.05, 4.69) is 30.0 Å². The molecule has 0 amide bonds. The van der Waals surface area contributed by atoms with Gasteiger partial charge in [-0.2, -0.15) is 0 Å².